The number of Topliss-reactive ketones (excluding diaryl/α,β-unsaturated/α-hetero) is 1. The Hall–Kier alpha value is -3.30. The third kappa shape index (κ3) is 5.85. The minimum Gasteiger partial charge on any atom is -0.468 e. The zero-order chi connectivity index (χ0) is 21.6. The van der Waals surface area contributed by atoms with Gasteiger partial charge in [-0.05, 0) is 54.6 Å². The highest BCUT2D eigenvalue weighted by molar-refractivity contribution is 7.89. The number of anilines is 1. The van der Waals surface area contributed by atoms with Crippen molar-refractivity contribution in [3.8, 4) is 0 Å². The van der Waals surface area contributed by atoms with Gasteiger partial charge in [-0.1, -0.05) is 6.07 Å². The number of hydrogen-bond donors (Lipinski definition) is 2. The fourth-order valence-corrected chi connectivity index (χ4v) is 3.67. The van der Waals surface area contributed by atoms with Crippen LogP contribution >= 0.6 is 0 Å². The minimum absolute atomic E-state index is 0.00256. The second-order valence-corrected chi connectivity index (χ2v) is 8.18. The van der Waals surface area contributed by atoms with E-state index in [1.807, 2.05) is 0 Å². The summed E-state index contributed by atoms with van der Waals surface area (Å²) in [5.41, 5.74) is 0.607. The van der Waals surface area contributed by atoms with Gasteiger partial charge in [0.15, 0.2) is 5.78 Å². The summed E-state index contributed by atoms with van der Waals surface area (Å²) in [5.74, 6) is -0.709. The number of carbonyl (C=O) groups excluding carboxylic acids is 2. The van der Waals surface area contributed by atoms with Crippen molar-refractivity contribution in [2.75, 3.05) is 5.32 Å². The number of hydrogen-bond acceptors (Lipinski definition) is 5. The summed E-state index contributed by atoms with van der Waals surface area (Å²) in [6.07, 6.45) is 1.30. The Kier molecular flexibility index (Phi) is 6.76. The van der Waals surface area contributed by atoms with Crippen LogP contribution in [0.2, 0.25) is 0 Å². The number of halogens is 1. The maximum Gasteiger partial charge on any atom is 0.241 e. The van der Waals surface area contributed by atoms with Gasteiger partial charge in [-0.25, -0.2) is 17.5 Å². The van der Waals surface area contributed by atoms with E-state index in [2.05, 4.69) is 10.0 Å². The molecule has 0 radical (unpaired) electrons. The third-order valence-electron chi connectivity index (χ3n) is 4.19. The number of rotatable bonds is 9. The Morgan fingerprint density at radius 2 is 1.73 bits per heavy atom. The summed E-state index contributed by atoms with van der Waals surface area (Å²) in [6, 6.07) is 14.2. The molecule has 2 N–H and O–H groups in total. The topological polar surface area (TPSA) is 105 Å². The standard InChI is InChI=1S/C21H19FN2O5S/c22-16-8-6-15(7-9-16)20(25)10-11-21(26)24-17-3-1-5-19(13-17)30(27,28)23-14-18-4-2-12-29-18/h1-9,12-13,23H,10-11,14H2,(H,24,26). The number of ketones is 1. The van der Waals surface area contributed by atoms with E-state index in [0.717, 1.165) is 0 Å². The van der Waals surface area contributed by atoms with Crippen LogP contribution in [0.1, 0.15) is 29.0 Å². The van der Waals surface area contributed by atoms with E-state index in [-0.39, 0.29) is 35.8 Å². The highest BCUT2D eigenvalue weighted by atomic mass is 32.2. The van der Waals surface area contributed by atoms with E-state index in [4.69, 9.17) is 4.42 Å². The maximum absolute atomic E-state index is 12.9. The number of furan rings is 1. The lowest BCUT2D eigenvalue weighted by atomic mass is 10.1. The van der Waals surface area contributed by atoms with Crippen molar-refractivity contribution < 1.29 is 26.8 Å². The zero-order valence-electron chi connectivity index (χ0n) is 15.8. The highest BCUT2D eigenvalue weighted by Gasteiger charge is 2.16. The predicted octanol–water partition coefficient (Wildman–Crippen LogP) is 3.50. The molecular formula is C21H19FN2O5S. The minimum atomic E-state index is -3.81. The van der Waals surface area contributed by atoms with Crippen LogP contribution in [-0.4, -0.2) is 20.1 Å². The van der Waals surface area contributed by atoms with Gasteiger partial charge in [-0.2, -0.15) is 0 Å². The van der Waals surface area contributed by atoms with E-state index in [1.54, 1.807) is 18.2 Å². The lowest BCUT2D eigenvalue weighted by Gasteiger charge is -2.09. The first-order chi connectivity index (χ1) is 14.3. The van der Waals surface area contributed by atoms with E-state index >= 15 is 0 Å². The molecule has 0 spiro atoms. The molecule has 0 aliphatic heterocycles. The summed E-state index contributed by atoms with van der Waals surface area (Å²) in [5, 5.41) is 2.58. The van der Waals surface area contributed by atoms with Gasteiger partial charge in [0, 0.05) is 24.1 Å². The van der Waals surface area contributed by atoms with Gasteiger partial charge in [0.1, 0.15) is 11.6 Å². The van der Waals surface area contributed by atoms with Crippen molar-refractivity contribution in [1.29, 1.82) is 0 Å². The first kappa shape index (κ1) is 21.4. The Bertz CT molecular complexity index is 1130. The van der Waals surface area contributed by atoms with Crippen LogP contribution < -0.4 is 10.0 Å². The molecule has 0 fully saturated rings. The van der Waals surface area contributed by atoms with Gasteiger partial charge in [0.2, 0.25) is 15.9 Å². The molecule has 0 bridgehead atoms. The number of nitrogens with one attached hydrogen (secondary N) is 2. The molecule has 3 rings (SSSR count). The van der Waals surface area contributed by atoms with Crippen molar-refractivity contribution in [2.24, 2.45) is 0 Å². The van der Waals surface area contributed by atoms with Crippen LogP contribution in [0.3, 0.4) is 0 Å². The average Bonchev–Trinajstić information content (AvgIpc) is 3.25. The normalized spacial score (nSPS) is 11.2. The largest absolute Gasteiger partial charge is 0.468 e. The summed E-state index contributed by atoms with van der Waals surface area (Å²) >= 11 is 0. The smallest absolute Gasteiger partial charge is 0.241 e. The number of amides is 1. The van der Waals surface area contributed by atoms with E-state index in [1.165, 1.54) is 48.7 Å². The lowest BCUT2D eigenvalue weighted by Crippen LogP contribution is -2.23. The number of sulfonamides is 1. The molecule has 30 heavy (non-hydrogen) atoms. The van der Waals surface area contributed by atoms with E-state index in [0.29, 0.717) is 11.3 Å². The SMILES string of the molecule is O=C(CCC(=O)c1ccc(F)cc1)Nc1cccc(S(=O)(=O)NCc2ccco2)c1. The zero-order valence-corrected chi connectivity index (χ0v) is 16.6. The van der Waals surface area contributed by atoms with Crippen LogP contribution in [0.4, 0.5) is 10.1 Å². The van der Waals surface area contributed by atoms with Gasteiger partial charge >= 0.3 is 0 Å². The Morgan fingerprint density at radius 1 is 0.967 bits per heavy atom. The van der Waals surface area contributed by atoms with Gasteiger partial charge in [0.25, 0.3) is 0 Å². The molecular weight excluding hydrogens is 411 g/mol. The summed E-state index contributed by atoms with van der Waals surface area (Å²) in [6.45, 7) is -0.00256. The van der Waals surface area contributed by atoms with E-state index < -0.39 is 21.7 Å². The van der Waals surface area contributed by atoms with Crippen molar-refractivity contribution >= 4 is 27.4 Å². The van der Waals surface area contributed by atoms with Gasteiger partial charge in [-0.3, -0.25) is 9.59 Å². The van der Waals surface area contributed by atoms with Crippen LogP contribution in [0.25, 0.3) is 0 Å². The second-order valence-electron chi connectivity index (χ2n) is 6.41. The van der Waals surface area contributed by atoms with Crippen LogP contribution in [-0.2, 0) is 21.4 Å². The van der Waals surface area contributed by atoms with E-state index in [9.17, 15) is 22.4 Å². The molecule has 2 aromatic carbocycles. The molecule has 156 valence electrons. The fourth-order valence-electron chi connectivity index (χ4n) is 2.63. The van der Waals surface area contributed by atoms with Crippen molar-refractivity contribution in [2.45, 2.75) is 24.3 Å². The molecule has 0 atom stereocenters. The average molecular weight is 430 g/mol. The Morgan fingerprint density at radius 3 is 2.43 bits per heavy atom. The molecule has 0 saturated carbocycles. The molecule has 0 aliphatic carbocycles. The molecule has 1 amide bonds. The summed E-state index contributed by atoms with van der Waals surface area (Å²) in [7, 11) is -3.81. The summed E-state index contributed by atoms with van der Waals surface area (Å²) in [4.78, 5) is 24.2. The molecule has 0 unspecified atom stereocenters. The molecule has 3 aromatic rings. The summed E-state index contributed by atoms with van der Waals surface area (Å²) < 4.78 is 45.3. The van der Waals surface area contributed by atoms with Crippen LogP contribution in [0.5, 0.6) is 0 Å². The third-order valence-corrected chi connectivity index (χ3v) is 5.59. The Balaban J connectivity index is 1.56. The first-order valence-electron chi connectivity index (χ1n) is 9.04. The maximum atomic E-state index is 12.9. The van der Waals surface area contributed by atoms with Crippen molar-refractivity contribution in [1.82, 2.24) is 4.72 Å². The molecule has 0 aliphatic rings. The van der Waals surface area contributed by atoms with Gasteiger partial charge in [-0.15, -0.1) is 0 Å². The van der Waals surface area contributed by atoms with Crippen molar-refractivity contribution in [3.63, 3.8) is 0 Å². The number of benzene rings is 2. The highest BCUT2D eigenvalue weighted by Crippen LogP contribution is 2.17. The first-order valence-corrected chi connectivity index (χ1v) is 10.5. The molecule has 9 heteroatoms. The quantitative estimate of drug-likeness (QED) is 0.506. The fraction of sp³-hybridized carbons (Fsp3) is 0.143. The number of carbonyl (C=O) groups is 2. The molecule has 7 nitrogen and oxygen atoms in total. The predicted molar refractivity (Wildman–Crippen MR) is 108 cm³/mol. The van der Waals surface area contributed by atoms with Crippen LogP contribution in [0, 0.1) is 5.82 Å². The molecule has 1 heterocycles. The molecule has 1 aromatic heterocycles. The van der Waals surface area contributed by atoms with Crippen LogP contribution in [0.15, 0.2) is 76.2 Å². The van der Waals surface area contributed by atoms with Gasteiger partial charge in [0.05, 0.1) is 17.7 Å². The molecule has 0 saturated heterocycles. The lowest BCUT2D eigenvalue weighted by molar-refractivity contribution is -0.116. The Labute approximate surface area is 173 Å². The van der Waals surface area contributed by atoms with Crippen molar-refractivity contribution in [3.05, 3.63) is 84.1 Å². The van der Waals surface area contributed by atoms with Gasteiger partial charge < -0.3 is 9.73 Å². The monoisotopic (exact) mass is 430 g/mol. The second kappa shape index (κ2) is 9.47.